The summed E-state index contributed by atoms with van der Waals surface area (Å²) in [6, 6.07) is 0. The Bertz CT molecular complexity index is 225. The minimum absolute atomic E-state index is 0.00116. The van der Waals surface area contributed by atoms with Gasteiger partial charge < -0.3 is 9.47 Å². The summed E-state index contributed by atoms with van der Waals surface area (Å²) in [7, 11) is 0. The highest BCUT2D eigenvalue weighted by Gasteiger charge is 2.41. The van der Waals surface area contributed by atoms with E-state index < -0.39 is 0 Å². The zero-order valence-electron chi connectivity index (χ0n) is 10.3. The molecule has 0 aromatic carbocycles. The summed E-state index contributed by atoms with van der Waals surface area (Å²) in [6.45, 7) is 10.2. The van der Waals surface area contributed by atoms with Crippen LogP contribution < -0.4 is 0 Å². The maximum Gasteiger partial charge on any atom is 0.164 e. The summed E-state index contributed by atoms with van der Waals surface area (Å²) >= 11 is 0. The number of carbonyl (C=O) groups excluding carboxylic acids is 1. The summed E-state index contributed by atoms with van der Waals surface area (Å²) in [5.74, 6) is 0.468. The van der Waals surface area contributed by atoms with Crippen LogP contribution in [0, 0.1) is 11.8 Å². The third-order valence-corrected chi connectivity index (χ3v) is 3.17. The second-order valence-electron chi connectivity index (χ2n) is 4.76. The van der Waals surface area contributed by atoms with Crippen LogP contribution in [0.15, 0.2) is 0 Å². The average molecular weight is 214 g/mol. The topological polar surface area (TPSA) is 35.5 Å². The molecule has 1 rings (SSSR count). The Morgan fingerprint density at radius 3 is 2.27 bits per heavy atom. The number of rotatable bonds is 4. The minimum Gasteiger partial charge on any atom is -0.375 e. The molecule has 15 heavy (non-hydrogen) atoms. The predicted octanol–water partition coefficient (Wildman–Crippen LogP) is 2.04. The first-order valence-electron chi connectivity index (χ1n) is 5.73. The quantitative estimate of drug-likeness (QED) is 0.718. The lowest BCUT2D eigenvalue weighted by Gasteiger charge is -2.17. The van der Waals surface area contributed by atoms with Crippen molar-refractivity contribution in [3.05, 3.63) is 0 Å². The smallest absolute Gasteiger partial charge is 0.164 e. The van der Waals surface area contributed by atoms with Crippen LogP contribution in [-0.4, -0.2) is 30.7 Å². The molecule has 0 spiro atoms. The first-order valence-corrected chi connectivity index (χ1v) is 5.73. The standard InChI is InChI=1S/C12H22O3/c1-7(2)14-6-11(13)12-8(3)9(4)15-10(12)5/h7-10,12H,6H2,1-5H3. The van der Waals surface area contributed by atoms with Gasteiger partial charge >= 0.3 is 0 Å². The van der Waals surface area contributed by atoms with Crippen molar-refractivity contribution in [1.29, 1.82) is 0 Å². The lowest BCUT2D eigenvalue weighted by molar-refractivity contribution is -0.131. The van der Waals surface area contributed by atoms with Gasteiger partial charge in [0.25, 0.3) is 0 Å². The molecule has 4 unspecified atom stereocenters. The highest BCUT2D eigenvalue weighted by atomic mass is 16.5. The van der Waals surface area contributed by atoms with Crippen LogP contribution in [0.1, 0.15) is 34.6 Å². The van der Waals surface area contributed by atoms with Gasteiger partial charge in [-0.15, -0.1) is 0 Å². The Morgan fingerprint density at radius 1 is 1.27 bits per heavy atom. The number of ketones is 1. The van der Waals surface area contributed by atoms with Gasteiger partial charge in [0, 0.05) is 0 Å². The molecule has 1 fully saturated rings. The molecule has 4 atom stereocenters. The Labute approximate surface area is 92.1 Å². The molecule has 0 bridgehead atoms. The molecule has 0 amide bonds. The Balaban J connectivity index is 2.51. The Hall–Kier alpha value is -0.410. The fourth-order valence-electron chi connectivity index (χ4n) is 2.17. The number of carbonyl (C=O) groups is 1. The molecule has 0 radical (unpaired) electrons. The SMILES string of the molecule is CC(C)OCC(=O)C1C(C)OC(C)C1C. The molecule has 1 heterocycles. The monoisotopic (exact) mass is 214 g/mol. The maximum atomic E-state index is 11.9. The van der Waals surface area contributed by atoms with Crippen LogP contribution in [0.2, 0.25) is 0 Å². The van der Waals surface area contributed by atoms with Gasteiger partial charge in [0.15, 0.2) is 5.78 Å². The van der Waals surface area contributed by atoms with Gasteiger partial charge in [-0.25, -0.2) is 0 Å². The molecule has 1 aliphatic heterocycles. The molecule has 3 nitrogen and oxygen atoms in total. The molecule has 0 N–H and O–H groups in total. The van der Waals surface area contributed by atoms with Crippen molar-refractivity contribution in [3.8, 4) is 0 Å². The van der Waals surface area contributed by atoms with E-state index in [4.69, 9.17) is 9.47 Å². The van der Waals surface area contributed by atoms with E-state index in [1.165, 1.54) is 0 Å². The van der Waals surface area contributed by atoms with Gasteiger partial charge in [-0.1, -0.05) is 6.92 Å². The average Bonchev–Trinajstić information content (AvgIpc) is 2.37. The van der Waals surface area contributed by atoms with Crippen LogP contribution in [0.5, 0.6) is 0 Å². The van der Waals surface area contributed by atoms with Crippen molar-refractivity contribution in [3.63, 3.8) is 0 Å². The first-order chi connectivity index (χ1) is 6.93. The highest BCUT2D eigenvalue weighted by molar-refractivity contribution is 5.83. The number of hydrogen-bond acceptors (Lipinski definition) is 3. The van der Waals surface area contributed by atoms with Crippen molar-refractivity contribution in [2.75, 3.05) is 6.61 Å². The zero-order chi connectivity index (χ0) is 11.6. The summed E-state index contributed by atoms with van der Waals surface area (Å²) in [6.07, 6.45) is 0.311. The lowest BCUT2D eigenvalue weighted by Crippen LogP contribution is -2.30. The molecule has 1 saturated heterocycles. The van der Waals surface area contributed by atoms with Gasteiger partial charge in [-0.05, 0) is 33.6 Å². The summed E-state index contributed by atoms with van der Waals surface area (Å²) in [4.78, 5) is 11.9. The Morgan fingerprint density at radius 2 is 1.87 bits per heavy atom. The van der Waals surface area contributed by atoms with E-state index in [1.54, 1.807) is 0 Å². The van der Waals surface area contributed by atoms with E-state index in [9.17, 15) is 4.79 Å². The van der Waals surface area contributed by atoms with Crippen LogP contribution >= 0.6 is 0 Å². The molecule has 0 saturated carbocycles. The maximum absolute atomic E-state index is 11.9. The van der Waals surface area contributed by atoms with Crippen LogP contribution in [0.3, 0.4) is 0 Å². The van der Waals surface area contributed by atoms with Crippen molar-refractivity contribution in [2.24, 2.45) is 11.8 Å². The van der Waals surface area contributed by atoms with E-state index in [0.29, 0.717) is 5.92 Å². The van der Waals surface area contributed by atoms with E-state index >= 15 is 0 Å². The molecule has 88 valence electrons. The fraction of sp³-hybridized carbons (Fsp3) is 0.917. The van der Waals surface area contributed by atoms with E-state index in [1.807, 2.05) is 27.7 Å². The highest BCUT2D eigenvalue weighted by Crippen LogP contribution is 2.32. The molecule has 0 aliphatic carbocycles. The molecular weight excluding hydrogens is 192 g/mol. The summed E-state index contributed by atoms with van der Waals surface area (Å²) in [5.41, 5.74) is 0. The van der Waals surface area contributed by atoms with E-state index in [2.05, 4.69) is 6.92 Å². The predicted molar refractivity (Wildman–Crippen MR) is 58.8 cm³/mol. The van der Waals surface area contributed by atoms with Gasteiger partial charge in [-0.3, -0.25) is 4.79 Å². The molecular formula is C12H22O3. The van der Waals surface area contributed by atoms with Gasteiger partial charge in [0.05, 0.1) is 24.2 Å². The van der Waals surface area contributed by atoms with Crippen molar-refractivity contribution in [2.45, 2.75) is 52.9 Å². The zero-order valence-corrected chi connectivity index (χ0v) is 10.3. The third-order valence-electron chi connectivity index (χ3n) is 3.17. The second kappa shape index (κ2) is 5.08. The van der Waals surface area contributed by atoms with Crippen molar-refractivity contribution in [1.82, 2.24) is 0 Å². The molecule has 0 aromatic heterocycles. The lowest BCUT2D eigenvalue weighted by atomic mass is 9.86. The number of hydrogen-bond donors (Lipinski definition) is 0. The normalized spacial score (nSPS) is 36.1. The largest absolute Gasteiger partial charge is 0.375 e. The summed E-state index contributed by atoms with van der Waals surface area (Å²) < 4.78 is 11.0. The number of ether oxygens (including phenoxy) is 2. The first kappa shape index (κ1) is 12.7. The molecule has 3 heteroatoms. The summed E-state index contributed by atoms with van der Waals surface area (Å²) in [5, 5.41) is 0. The third kappa shape index (κ3) is 3.02. The van der Waals surface area contributed by atoms with Gasteiger partial charge in [0.2, 0.25) is 0 Å². The van der Waals surface area contributed by atoms with E-state index in [-0.39, 0.29) is 36.6 Å². The molecule has 0 aromatic rings. The van der Waals surface area contributed by atoms with Crippen molar-refractivity contribution >= 4 is 5.78 Å². The Kier molecular flexibility index (Phi) is 4.29. The second-order valence-corrected chi connectivity index (χ2v) is 4.76. The number of Topliss-reactive ketones (excluding diaryl/α,β-unsaturated/α-hetero) is 1. The minimum atomic E-state index is -0.00116. The van der Waals surface area contributed by atoms with Gasteiger partial charge in [0.1, 0.15) is 6.61 Å². The van der Waals surface area contributed by atoms with E-state index in [0.717, 1.165) is 0 Å². The van der Waals surface area contributed by atoms with Crippen LogP contribution in [-0.2, 0) is 14.3 Å². The molecule has 1 aliphatic rings. The van der Waals surface area contributed by atoms with Gasteiger partial charge in [-0.2, -0.15) is 0 Å². The van der Waals surface area contributed by atoms with Crippen LogP contribution in [0.4, 0.5) is 0 Å². The van der Waals surface area contributed by atoms with Crippen molar-refractivity contribution < 1.29 is 14.3 Å². The van der Waals surface area contributed by atoms with Crippen LogP contribution in [0.25, 0.3) is 0 Å². The fourth-order valence-corrected chi connectivity index (χ4v) is 2.17.